The van der Waals surface area contributed by atoms with Crippen LogP contribution in [0.4, 0.5) is 5.95 Å². The van der Waals surface area contributed by atoms with Crippen molar-refractivity contribution in [3.8, 4) is 11.3 Å². The van der Waals surface area contributed by atoms with Crippen molar-refractivity contribution in [3.05, 3.63) is 24.2 Å². The van der Waals surface area contributed by atoms with Gasteiger partial charge >= 0.3 is 0 Å². The maximum Gasteiger partial charge on any atom is 0.223 e. The highest BCUT2D eigenvalue weighted by molar-refractivity contribution is 5.62. The lowest BCUT2D eigenvalue weighted by molar-refractivity contribution is 0.190. The summed E-state index contributed by atoms with van der Waals surface area (Å²) in [5.41, 5.74) is 3.48. The predicted molar refractivity (Wildman–Crippen MR) is 117 cm³/mol. The fraction of sp³-hybridized carbons (Fsp3) is 0.708. The van der Waals surface area contributed by atoms with Gasteiger partial charge in [0, 0.05) is 30.5 Å². The van der Waals surface area contributed by atoms with Crippen LogP contribution in [0.5, 0.6) is 0 Å². The summed E-state index contributed by atoms with van der Waals surface area (Å²) in [5.74, 6) is 3.58. The SMILES string of the molecule is Cn1ncc(-c2ccnc(NC3CCC(C4CCCCC4)CC3)n2)c1CC1CC1. The summed E-state index contributed by atoms with van der Waals surface area (Å²) in [4.78, 5) is 9.40. The Bertz CT molecular complexity index is 810. The van der Waals surface area contributed by atoms with Crippen LogP contribution in [0.1, 0.15) is 76.3 Å². The molecule has 0 radical (unpaired) electrons. The van der Waals surface area contributed by atoms with Gasteiger partial charge in [0.1, 0.15) is 0 Å². The van der Waals surface area contributed by atoms with E-state index in [0.717, 1.165) is 35.8 Å². The highest BCUT2D eigenvalue weighted by atomic mass is 15.3. The molecule has 156 valence electrons. The van der Waals surface area contributed by atoms with E-state index in [1.54, 1.807) is 0 Å². The van der Waals surface area contributed by atoms with Crippen molar-refractivity contribution in [3.63, 3.8) is 0 Å². The molecule has 3 aliphatic carbocycles. The first-order valence-electron chi connectivity index (χ1n) is 11.9. The van der Waals surface area contributed by atoms with Gasteiger partial charge in [-0.1, -0.05) is 32.1 Å². The zero-order valence-corrected chi connectivity index (χ0v) is 17.8. The highest BCUT2D eigenvalue weighted by Crippen LogP contribution is 2.39. The third-order valence-corrected chi connectivity index (χ3v) is 7.59. The minimum absolute atomic E-state index is 0.518. The molecule has 0 saturated heterocycles. The molecular weight excluding hydrogens is 358 g/mol. The Morgan fingerprint density at radius 1 is 0.966 bits per heavy atom. The molecule has 3 aliphatic rings. The minimum atomic E-state index is 0.518. The monoisotopic (exact) mass is 393 g/mol. The Kier molecular flexibility index (Phi) is 5.56. The summed E-state index contributed by atoms with van der Waals surface area (Å²) in [6, 6.07) is 2.54. The number of rotatable bonds is 6. The summed E-state index contributed by atoms with van der Waals surface area (Å²) in [7, 11) is 2.05. The number of nitrogens with zero attached hydrogens (tertiary/aromatic N) is 4. The zero-order chi connectivity index (χ0) is 19.6. The third kappa shape index (κ3) is 4.49. The second kappa shape index (κ2) is 8.45. The number of anilines is 1. The van der Waals surface area contributed by atoms with Crippen LogP contribution in [0.2, 0.25) is 0 Å². The molecule has 5 nitrogen and oxygen atoms in total. The van der Waals surface area contributed by atoms with Crippen LogP contribution in [0.25, 0.3) is 11.3 Å². The molecule has 0 bridgehead atoms. The summed E-state index contributed by atoms with van der Waals surface area (Å²) in [5, 5.41) is 8.15. The van der Waals surface area contributed by atoms with Gasteiger partial charge in [-0.3, -0.25) is 4.68 Å². The average molecular weight is 394 g/mol. The maximum absolute atomic E-state index is 4.87. The molecule has 3 saturated carbocycles. The molecule has 2 aromatic heterocycles. The van der Waals surface area contributed by atoms with Crippen LogP contribution in [0.15, 0.2) is 18.5 Å². The molecule has 0 spiro atoms. The number of nitrogens with one attached hydrogen (secondary N) is 1. The molecule has 0 aromatic carbocycles. The van der Waals surface area contributed by atoms with Crippen LogP contribution < -0.4 is 5.32 Å². The fourth-order valence-corrected chi connectivity index (χ4v) is 5.62. The third-order valence-electron chi connectivity index (χ3n) is 7.59. The van der Waals surface area contributed by atoms with E-state index < -0.39 is 0 Å². The zero-order valence-electron chi connectivity index (χ0n) is 17.8. The standard InChI is InChI=1S/C24H35N5/c1-29-23(15-17-7-8-17)21(16-26-29)22-13-14-25-24(28-22)27-20-11-9-19(10-12-20)18-5-3-2-4-6-18/h13-14,16-20H,2-12,15H2,1H3,(H,25,27,28). The van der Waals surface area contributed by atoms with E-state index >= 15 is 0 Å². The molecule has 0 amide bonds. The van der Waals surface area contributed by atoms with Gasteiger partial charge < -0.3 is 5.32 Å². The van der Waals surface area contributed by atoms with Crippen LogP contribution in [-0.4, -0.2) is 25.8 Å². The first-order chi connectivity index (χ1) is 14.3. The van der Waals surface area contributed by atoms with E-state index in [-0.39, 0.29) is 0 Å². The van der Waals surface area contributed by atoms with Gasteiger partial charge in [0.15, 0.2) is 0 Å². The molecule has 0 atom stereocenters. The van der Waals surface area contributed by atoms with Crippen molar-refractivity contribution in [2.45, 2.75) is 83.1 Å². The second-order valence-electron chi connectivity index (χ2n) is 9.70. The van der Waals surface area contributed by atoms with Crippen molar-refractivity contribution in [2.75, 3.05) is 5.32 Å². The molecular formula is C24H35N5. The summed E-state index contributed by atoms with van der Waals surface area (Å²) in [6.07, 6.45) is 20.3. The lowest BCUT2D eigenvalue weighted by Gasteiger charge is -2.36. The largest absolute Gasteiger partial charge is 0.351 e. The van der Waals surface area contributed by atoms with Crippen LogP contribution in [0.3, 0.4) is 0 Å². The normalized spacial score (nSPS) is 25.8. The van der Waals surface area contributed by atoms with Gasteiger partial charge in [-0.2, -0.15) is 5.10 Å². The van der Waals surface area contributed by atoms with E-state index in [9.17, 15) is 0 Å². The first kappa shape index (κ1) is 19.1. The lowest BCUT2D eigenvalue weighted by Crippen LogP contribution is -2.30. The van der Waals surface area contributed by atoms with E-state index in [1.165, 1.54) is 81.9 Å². The highest BCUT2D eigenvalue weighted by Gasteiger charge is 2.29. The number of hydrogen-bond acceptors (Lipinski definition) is 4. The number of aryl methyl sites for hydroxylation is 1. The fourth-order valence-electron chi connectivity index (χ4n) is 5.62. The molecule has 3 fully saturated rings. The smallest absolute Gasteiger partial charge is 0.223 e. The van der Waals surface area contributed by atoms with Crippen molar-refractivity contribution >= 4 is 5.95 Å². The van der Waals surface area contributed by atoms with E-state index in [4.69, 9.17) is 4.98 Å². The molecule has 1 N–H and O–H groups in total. The molecule has 5 heteroatoms. The predicted octanol–water partition coefficient (Wildman–Crippen LogP) is 5.38. The van der Waals surface area contributed by atoms with Crippen molar-refractivity contribution in [1.82, 2.24) is 19.7 Å². The van der Waals surface area contributed by atoms with Crippen molar-refractivity contribution in [1.29, 1.82) is 0 Å². The van der Waals surface area contributed by atoms with Gasteiger partial charge in [0.25, 0.3) is 0 Å². The Morgan fingerprint density at radius 2 is 1.72 bits per heavy atom. The molecule has 2 aromatic rings. The van der Waals surface area contributed by atoms with Gasteiger partial charge in [0.2, 0.25) is 5.95 Å². The first-order valence-corrected chi connectivity index (χ1v) is 11.9. The summed E-state index contributed by atoms with van der Waals surface area (Å²) in [6.45, 7) is 0. The quantitative estimate of drug-likeness (QED) is 0.716. The van der Waals surface area contributed by atoms with Gasteiger partial charge in [0.05, 0.1) is 11.9 Å². The molecule has 0 aliphatic heterocycles. The van der Waals surface area contributed by atoms with Crippen LogP contribution in [-0.2, 0) is 13.5 Å². The van der Waals surface area contributed by atoms with Crippen molar-refractivity contribution in [2.24, 2.45) is 24.8 Å². The topological polar surface area (TPSA) is 55.6 Å². The Hall–Kier alpha value is -1.91. The second-order valence-corrected chi connectivity index (χ2v) is 9.70. The summed E-state index contributed by atoms with van der Waals surface area (Å²) >= 11 is 0. The Morgan fingerprint density at radius 3 is 2.48 bits per heavy atom. The maximum atomic E-state index is 4.87. The van der Waals surface area contributed by atoms with Gasteiger partial charge in [-0.25, -0.2) is 9.97 Å². The summed E-state index contributed by atoms with van der Waals surface area (Å²) < 4.78 is 2.02. The van der Waals surface area contributed by atoms with E-state index in [2.05, 4.69) is 15.4 Å². The molecule has 5 rings (SSSR count). The average Bonchev–Trinajstić information content (AvgIpc) is 3.51. The lowest BCUT2D eigenvalue weighted by atomic mass is 9.72. The van der Waals surface area contributed by atoms with Crippen LogP contribution in [0, 0.1) is 17.8 Å². The van der Waals surface area contributed by atoms with Gasteiger partial charge in [-0.15, -0.1) is 0 Å². The Labute approximate surface area is 174 Å². The van der Waals surface area contributed by atoms with Gasteiger partial charge in [-0.05, 0) is 68.8 Å². The molecule has 2 heterocycles. The van der Waals surface area contributed by atoms with E-state index in [0.29, 0.717) is 6.04 Å². The van der Waals surface area contributed by atoms with E-state index in [1.807, 2.05) is 30.2 Å². The Balaban J connectivity index is 1.22. The molecule has 0 unspecified atom stereocenters. The van der Waals surface area contributed by atoms with Crippen LogP contribution >= 0.6 is 0 Å². The van der Waals surface area contributed by atoms with Crippen molar-refractivity contribution < 1.29 is 0 Å². The number of hydrogen-bond donors (Lipinski definition) is 1. The molecule has 29 heavy (non-hydrogen) atoms. The number of aromatic nitrogens is 4. The minimum Gasteiger partial charge on any atom is -0.351 e.